The predicted molar refractivity (Wildman–Crippen MR) is 122 cm³/mol. The van der Waals surface area contributed by atoms with Crippen molar-refractivity contribution < 1.29 is 53.5 Å². The van der Waals surface area contributed by atoms with E-state index in [1.54, 1.807) is 5.32 Å². The van der Waals surface area contributed by atoms with E-state index in [0.717, 1.165) is 25.1 Å². The first-order valence-electron chi connectivity index (χ1n) is 10.5. The molecule has 0 aliphatic heterocycles. The van der Waals surface area contributed by atoms with Crippen LogP contribution >= 0.6 is 23.2 Å². The van der Waals surface area contributed by atoms with Crippen LogP contribution in [0, 0.1) is 0 Å². The molecule has 2 amide bonds. The van der Waals surface area contributed by atoms with Crippen molar-refractivity contribution in [3.8, 4) is 0 Å². The Morgan fingerprint density at radius 3 is 1.95 bits per heavy atom. The van der Waals surface area contributed by atoms with Gasteiger partial charge < -0.3 is 10.6 Å². The molecule has 2 atom stereocenters. The summed E-state index contributed by atoms with van der Waals surface area (Å²) < 4.78 is 134. The summed E-state index contributed by atoms with van der Waals surface area (Å²) in [5.74, 6) is -7.47. The van der Waals surface area contributed by atoms with Crippen LogP contribution in [-0.2, 0) is 11.0 Å². The van der Waals surface area contributed by atoms with E-state index < -0.39 is 76.9 Å². The zero-order valence-corrected chi connectivity index (χ0v) is 20.8. The van der Waals surface area contributed by atoms with Crippen LogP contribution in [0.3, 0.4) is 0 Å². The van der Waals surface area contributed by atoms with Crippen LogP contribution in [0.1, 0.15) is 46.3 Å². The number of rotatable bonds is 7. The summed E-state index contributed by atoms with van der Waals surface area (Å²) in [5, 5.41) is 3.14. The Balaban J connectivity index is 2.41. The van der Waals surface area contributed by atoms with E-state index in [1.165, 1.54) is 0 Å². The fourth-order valence-corrected chi connectivity index (χ4v) is 3.83. The van der Waals surface area contributed by atoms with E-state index in [4.69, 9.17) is 23.2 Å². The van der Waals surface area contributed by atoms with Crippen LogP contribution in [0.2, 0.25) is 10.0 Å². The highest BCUT2D eigenvalue weighted by molar-refractivity contribution is 6.34. The van der Waals surface area contributed by atoms with Gasteiger partial charge in [0.15, 0.2) is 0 Å². The molecule has 4 nitrogen and oxygen atoms in total. The van der Waals surface area contributed by atoms with Gasteiger partial charge in [-0.05, 0) is 48.9 Å². The average Bonchev–Trinajstić information content (AvgIpc) is 2.73. The minimum Gasteiger partial charge on any atom is -0.336 e. The molecule has 2 N–H and O–H groups in total. The van der Waals surface area contributed by atoms with Crippen molar-refractivity contribution in [2.45, 2.75) is 44.0 Å². The number of hydrogen-bond acceptors (Lipinski definition) is 2. The molecule has 0 aliphatic rings. The van der Waals surface area contributed by atoms with Gasteiger partial charge in [-0.15, -0.1) is 0 Å². The maximum Gasteiger partial charge on any atom is 0.417 e. The molecule has 16 heteroatoms. The van der Waals surface area contributed by atoms with Gasteiger partial charge in [0.1, 0.15) is 18.2 Å². The van der Waals surface area contributed by atoms with Gasteiger partial charge in [0.05, 0.1) is 17.3 Å². The quantitative estimate of drug-likeness (QED) is 0.247. The van der Waals surface area contributed by atoms with E-state index in [2.05, 4.69) is 0 Å². The van der Waals surface area contributed by atoms with Gasteiger partial charge in [-0.1, -0.05) is 29.3 Å². The Hall–Kier alpha value is -3.00. The normalized spacial score (nSPS) is 14.5. The second kappa shape index (κ2) is 12.0. The molecule has 0 saturated carbocycles. The number of halogens is 12. The highest BCUT2D eigenvalue weighted by atomic mass is 35.5. The minimum atomic E-state index is -5.31. The van der Waals surface area contributed by atoms with Gasteiger partial charge in [0, 0.05) is 15.6 Å². The van der Waals surface area contributed by atoms with Gasteiger partial charge in [-0.25, -0.2) is 4.39 Å². The SMILES string of the molecule is CC(NC(=O)CC(F)(F)F)NC(=O)c1ccc(/C(F)=C/C(c2cc(Cl)cc(Cl)c2)C(F)(F)F)cc1C(F)(F)F. The lowest BCUT2D eigenvalue weighted by Gasteiger charge is -2.20. The van der Waals surface area contributed by atoms with Gasteiger partial charge in [-0.3, -0.25) is 9.59 Å². The summed E-state index contributed by atoms with van der Waals surface area (Å²) in [6, 6.07) is 3.95. The molecule has 0 fully saturated rings. The van der Waals surface area contributed by atoms with Crippen molar-refractivity contribution in [1.82, 2.24) is 10.6 Å². The van der Waals surface area contributed by atoms with Gasteiger partial charge in [0.2, 0.25) is 5.91 Å². The molecule has 2 aromatic carbocycles. The van der Waals surface area contributed by atoms with Crippen LogP contribution < -0.4 is 10.6 Å². The largest absolute Gasteiger partial charge is 0.417 e. The van der Waals surface area contributed by atoms with Crippen LogP contribution in [-0.4, -0.2) is 30.3 Å². The number of allylic oxidation sites excluding steroid dienone is 1. The van der Waals surface area contributed by atoms with E-state index in [9.17, 15) is 53.5 Å². The molecule has 0 aromatic heterocycles. The van der Waals surface area contributed by atoms with Gasteiger partial charge in [-0.2, -0.15) is 39.5 Å². The maximum absolute atomic E-state index is 14.9. The van der Waals surface area contributed by atoms with E-state index >= 15 is 0 Å². The average molecular weight is 613 g/mol. The lowest BCUT2D eigenvalue weighted by Crippen LogP contribution is -2.47. The number of nitrogens with one attached hydrogen (secondary N) is 2. The third-order valence-corrected chi connectivity index (χ3v) is 5.28. The third kappa shape index (κ3) is 9.60. The highest BCUT2D eigenvalue weighted by Crippen LogP contribution is 2.41. The highest BCUT2D eigenvalue weighted by Gasteiger charge is 2.41. The number of amides is 2. The number of alkyl halides is 9. The molecular formula is C23H16Cl2F10N2O2. The van der Waals surface area contributed by atoms with Crippen molar-refractivity contribution in [2.75, 3.05) is 0 Å². The molecule has 0 radical (unpaired) electrons. The molecule has 214 valence electrons. The lowest BCUT2D eigenvalue weighted by molar-refractivity contribution is -0.154. The number of benzene rings is 2. The molecule has 2 rings (SSSR count). The Kier molecular flexibility index (Phi) is 9.93. The zero-order valence-electron chi connectivity index (χ0n) is 19.3. The molecular weight excluding hydrogens is 597 g/mol. The predicted octanol–water partition coefficient (Wildman–Crippen LogP) is 7.81. The van der Waals surface area contributed by atoms with Crippen molar-refractivity contribution >= 4 is 40.8 Å². The second-order valence-corrected chi connectivity index (χ2v) is 8.92. The molecule has 2 aromatic rings. The Labute approximate surface area is 223 Å². The van der Waals surface area contributed by atoms with Gasteiger partial charge in [0.25, 0.3) is 5.91 Å². The van der Waals surface area contributed by atoms with Crippen LogP contribution in [0.5, 0.6) is 0 Å². The topological polar surface area (TPSA) is 58.2 Å². The third-order valence-electron chi connectivity index (χ3n) is 4.84. The molecule has 0 bridgehead atoms. The van der Waals surface area contributed by atoms with E-state index in [-0.39, 0.29) is 22.2 Å². The molecule has 0 saturated heterocycles. The summed E-state index contributed by atoms with van der Waals surface area (Å²) in [6.07, 6.45) is -18.8. The van der Waals surface area contributed by atoms with E-state index in [0.29, 0.717) is 12.1 Å². The van der Waals surface area contributed by atoms with Crippen molar-refractivity contribution in [3.63, 3.8) is 0 Å². The first-order valence-corrected chi connectivity index (χ1v) is 11.2. The first-order chi connectivity index (χ1) is 17.7. The summed E-state index contributed by atoms with van der Waals surface area (Å²) >= 11 is 11.4. The number of carbonyl (C=O) groups is 2. The van der Waals surface area contributed by atoms with Gasteiger partial charge >= 0.3 is 18.5 Å². The zero-order chi connectivity index (χ0) is 29.9. The monoisotopic (exact) mass is 612 g/mol. The summed E-state index contributed by atoms with van der Waals surface area (Å²) in [6.45, 7) is 0.968. The van der Waals surface area contributed by atoms with Crippen molar-refractivity contribution in [3.05, 3.63) is 74.8 Å². The summed E-state index contributed by atoms with van der Waals surface area (Å²) in [5.41, 5.74) is -4.45. The lowest BCUT2D eigenvalue weighted by atomic mass is 9.95. The Morgan fingerprint density at radius 2 is 1.46 bits per heavy atom. The van der Waals surface area contributed by atoms with Crippen molar-refractivity contribution in [2.24, 2.45) is 0 Å². The van der Waals surface area contributed by atoms with E-state index in [1.807, 2.05) is 5.32 Å². The maximum atomic E-state index is 14.9. The number of carbonyl (C=O) groups excluding carboxylic acids is 2. The Morgan fingerprint density at radius 1 is 0.897 bits per heavy atom. The first kappa shape index (κ1) is 32.2. The molecule has 0 heterocycles. The molecule has 0 aliphatic carbocycles. The fraction of sp³-hybridized carbons (Fsp3) is 0.304. The van der Waals surface area contributed by atoms with Crippen molar-refractivity contribution in [1.29, 1.82) is 0 Å². The number of hydrogen-bond donors (Lipinski definition) is 2. The molecule has 0 spiro atoms. The standard InChI is InChI=1S/C23H16Cl2F10N2O2/c1-10(36-19(38)9-21(27,28)29)37-20(39)15-3-2-11(6-17(15)23(33,34)35)18(26)8-16(22(30,31)32)12-4-13(24)7-14(25)5-12/h2-8,10,16H,9H2,1H3,(H,36,38)(H,37,39)/b18-8-. The smallest absolute Gasteiger partial charge is 0.336 e. The van der Waals surface area contributed by atoms with Crippen LogP contribution in [0.4, 0.5) is 43.9 Å². The van der Waals surface area contributed by atoms with Crippen LogP contribution in [0.25, 0.3) is 5.83 Å². The minimum absolute atomic E-state index is 0.00940. The Bertz CT molecular complexity index is 1240. The second-order valence-electron chi connectivity index (χ2n) is 8.05. The fourth-order valence-electron chi connectivity index (χ4n) is 3.29. The van der Waals surface area contributed by atoms with Crippen LogP contribution in [0.15, 0.2) is 42.5 Å². The molecule has 39 heavy (non-hydrogen) atoms. The summed E-state index contributed by atoms with van der Waals surface area (Å²) in [7, 11) is 0. The molecule has 2 unspecified atom stereocenters. The summed E-state index contributed by atoms with van der Waals surface area (Å²) in [4.78, 5) is 23.7.